The number of aryl methyl sites for hydroxylation is 2. The van der Waals surface area contributed by atoms with Crippen molar-refractivity contribution in [3.05, 3.63) is 81.9 Å². The first-order chi connectivity index (χ1) is 15.8. The van der Waals surface area contributed by atoms with Crippen LogP contribution in [0.3, 0.4) is 0 Å². The van der Waals surface area contributed by atoms with Crippen molar-refractivity contribution in [1.29, 1.82) is 0 Å². The molecular weight excluding hydrogens is 434 g/mol. The van der Waals surface area contributed by atoms with Crippen LogP contribution in [0.1, 0.15) is 51.8 Å². The highest BCUT2D eigenvalue weighted by Gasteiger charge is 2.19. The van der Waals surface area contributed by atoms with E-state index in [9.17, 15) is 9.59 Å². The van der Waals surface area contributed by atoms with E-state index in [0.717, 1.165) is 38.3 Å². The highest BCUT2D eigenvalue weighted by Crippen LogP contribution is 2.30. The minimum absolute atomic E-state index is 0.264. The highest BCUT2D eigenvalue weighted by molar-refractivity contribution is 7.20. The van der Waals surface area contributed by atoms with Crippen molar-refractivity contribution in [2.75, 3.05) is 11.9 Å². The number of benzene rings is 2. The number of hydrogen-bond acceptors (Lipinski definition) is 5. The molecule has 0 aliphatic rings. The Hall–Kier alpha value is -3.45. The molecule has 0 aliphatic carbocycles. The van der Waals surface area contributed by atoms with Gasteiger partial charge in [0.15, 0.2) is 6.61 Å². The molecule has 7 heteroatoms. The fourth-order valence-electron chi connectivity index (χ4n) is 3.80. The van der Waals surface area contributed by atoms with Gasteiger partial charge in [-0.05, 0) is 42.5 Å². The largest absolute Gasteiger partial charge is 0.451 e. The van der Waals surface area contributed by atoms with Crippen molar-refractivity contribution < 1.29 is 14.3 Å². The molecule has 2 aromatic carbocycles. The number of nitrogens with zero attached hydrogens (tertiary/aromatic N) is 2. The summed E-state index contributed by atoms with van der Waals surface area (Å²) in [6.07, 6.45) is 0. The summed E-state index contributed by atoms with van der Waals surface area (Å²) in [5.74, 6) is -0.599. The van der Waals surface area contributed by atoms with Gasteiger partial charge in [0, 0.05) is 11.1 Å². The first-order valence-electron chi connectivity index (χ1n) is 10.9. The van der Waals surface area contributed by atoms with Gasteiger partial charge in [-0.1, -0.05) is 62.4 Å². The normalized spacial score (nSPS) is 11.2. The Morgan fingerprint density at radius 2 is 1.85 bits per heavy atom. The van der Waals surface area contributed by atoms with Gasteiger partial charge in [-0.2, -0.15) is 5.10 Å². The van der Waals surface area contributed by atoms with Crippen molar-refractivity contribution in [1.82, 2.24) is 9.78 Å². The SMILES string of the molecule is Cc1cccc(C(C)C)c1NC(=O)COC(=O)c1cc2c(C)nn(Cc3ccccc3)c2s1. The second-order valence-electron chi connectivity index (χ2n) is 8.38. The third-order valence-corrected chi connectivity index (χ3v) is 6.64. The summed E-state index contributed by atoms with van der Waals surface area (Å²) in [7, 11) is 0. The van der Waals surface area contributed by atoms with Crippen LogP contribution >= 0.6 is 11.3 Å². The van der Waals surface area contributed by atoms with Gasteiger partial charge >= 0.3 is 5.97 Å². The van der Waals surface area contributed by atoms with Gasteiger partial charge < -0.3 is 10.1 Å². The Kier molecular flexibility index (Phi) is 6.60. The van der Waals surface area contributed by atoms with E-state index in [1.54, 1.807) is 6.07 Å². The molecule has 0 unspecified atom stereocenters. The molecule has 0 fully saturated rings. The quantitative estimate of drug-likeness (QED) is 0.359. The summed E-state index contributed by atoms with van der Waals surface area (Å²) in [5, 5.41) is 8.44. The third-order valence-electron chi connectivity index (χ3n) is 5.51. The molecular formula is C26H27N3O3S. The minimum atomic E-state index is -0.508. The van der Waals surface area contributed by atoms with Crippen LogP contribution in [0, 0.1) is 13.8 Å². The lowest BCUT2D eigenvalue weighted by molar-refractivity contribution is -0.119. The maximum atomic E-state index is 12.7. The number of carbonyl (C=O) groups excluding carboxylic acids is 2. The zero-order valence-electron chi connectivity index (χ0n) is 19.2. The van der Waals surface area contributed by atoms with E-state index >= 15 is 0 Å². The Morgan fingerprint density at radius 1 is 1.09 bits per heavy atom. The van der Waals surface area contributed by atoms with E-state index < -0.39 is 5.97 Å². The van der Waals surface area contributed by atoms with Crippen LogP contribution in [0.4, 0.5) is 5.69 Å². The predicted octanol–water partition coefficient (Wildman–Crippen LogP) is 5.68. The smallest absolute Gasteiger partial charge is 0.348 e. The molecule has 1 amide bonds. The van der Waals surface area contributed by atoms with E-state index in [0.29, 0.717) is 11.4 Å². The summed E-state index contributed by atoms with van der Waals surface area (Å²) in [5.41, 5.74) is 4.80. The lowest BCUT2D eigenvalue weighted by Gasteiger charge is -2.16. The number of esters is 1. The number of amides is 1. The van der Waals surface area contributed by atoms with Crippen molar-refractivity contribution in [2.24, 2.45) is 0 Å². The highest BCUT2D eigenvalue weighted by atomic mass is 32.1. The molecule has 0 aliphatic heterocycles. The molecule has 0 spiro atoms. The number of thiophene rings is 1. The molecule has 2 aromatic heterocycles. The summed E-state index contributed by atoms with van der Waals surface area (Å²) < 4.78 is 7.23. The van der Waals surface area contributed by atoms with Crippen LogP contribution in [-0.4, -0.2) is 28.3 Å². The second kappa shape index (κ2) is 9.58. The van der Waals surface area contributed by atoms with Crippen molar-refractivity contribution in [3.8, 4) is 0 Å². The maximum absolute atomic E-state index is 12.7. The predicted molar refractivity (Wildman–Crippen MR) is 132 cm³/mol. The number of para-hydroxylation sites is 1. The Bertz CT molecular complexity index is 1310. The van der Waals surface area contributed by atoms with Gasteiger partial charge in [0.05, 0.1) is 12.2 Å². The number of nitrogens with one attached hydrogen (secondary N) is 1. The number of aromatic nitrogens is 2. The lowest BCUT2D eigenvalue weighted by Crippen LogP contribution is -2.22. The van der Waals surface area contributed by atoms with Crippen molar-refractivity contribution in [2.45, 2.75) is 40.2 Å². The summed E-state index contributed by atoms with van der Waals surface area (Å²) >= 11 is 1.33. The summed E-state index contributed by atoms with van der Waals surface area (Å²) in [6, 6.07) is 17.8. The topological polar surface area (TPSA) is 73.2 Å². The van der Waals surface area contributed by atoms with E-state index in [2.05, 4.69) is 24.3 Å². The fourth-order valence-corrected chi connectivity index (χ4v) is 4.85. The van der Waals surface area contributed by atoms with Crippen molar-refractivity contribution in [3.63, 3.8) is 0 Å². The molecule has 0 bridgehead atoms. The van der Waals surface area contributed by atoms with Crippen LogP contribution in [0.25, 0.3) is 10.2 Å². The molecule has 1 N–H and O–H groups in total. The average molecular weight is 462 g/mol. The molecule has 4 aromatic rings. The van der Waals surface area contributed by atoms with Crippen LogP contribution in [0.2, 0.25) is 0 Å². The van der Waals surface area contributed by atoms with Crippen LogP contribution < -0.4 is 5.32 Å². The molecule has 170 valence electrons. The molecule has 2 heterocycles. The van der Waals surface area contributed by atoms with Gasteiger partial charge in [0.25, 0.3) is 5.91 Å². The first kappa shape index (κ1) is 22.7. The number of hydrogen-bond donors (Lipinski definition) is 1. The lowest BCUT2D eigenvalue weighted by atomic mass is 9.98. The Morgan fingerprint density at radius 3 is 2.58 bits per heavy atom. The Balaban J connectivity index is 1.44. The summed E-state index contributed by atoms with van der Waals surface area (Å²) in [6.45, 7) is 8.31. The molecule has 0 saturated heterocycles. The van der Waals surface area contributed by atoms with E-state index in [1.807, 2.05) is 67.1 Å². The number of anilines is 1. The zero-order chi connectivity index (χ0) is 23.5. The van der Waals surface area contributed by atoms with Gasteiger partial charge in [-0.3, -0.25) is 9.48 Å². The number of carbonyl (C=O) groups is 2. The van der Waals surface area contributed by atoms with Gasteiger partial charge in [0.1, 0.15) is 9.71 Å². The van der Waals surface area contributed by atoms with E-state index in [4.69, 9.17) is 4.74 Å². The fraction of sp³-hybridized carbons (Fsp3) is 0.269. The van der Waals surface area contributed by atoms with Gasteiger partial charge in [-0.25, -0.2) is 4.79 Å². The average Bonchev–Trinajstić information content (AvgIpc) is 3.35. The molecule has 0 radical (unpaired) electrons. The number of ether oxygens (including phenoxy) is 1. The molecule has 4 rings (SSSR count). The van der Waals surface area contributed by atoms with Crippen molar-refractivity contribution >= 4 is 39.1 Å². The van der Waals surface area contributed by atoms with Crippen LogP contribution in [-0.2, 0) is 16.1 Å². The van der Waals surface area contributed by atoms with Gasteiger partial charge in [0.2, 0.25) is 0 Å². The molecule has 0 atom stereocenters. The third kappa shape index (κ3) is 4.98. The molecule has 33 heavy (non-hydrogen) atoms. The second-order valence-corrected chi connectivity index (χ2v) is 9.41. The molecule has 6 nitrogen and oxygen atoms in total. The first-order valence-corrected chi connectivity index (χ1v) is 11.7. The maximum Gasteiger partial charge on any atom is 0.348 e. The van der Waals surface area contributed by atoms with Gasteiger partial charge in [-0.15, -0.1) is 11.3 Å². The van der Waals surface area contributed by atoms with E-state index in [-0.39, 0.29) is 18.4 Å². The van der Waals surface area contributed by atoms with Crippen LogP contribution in [0.15, 0.2) is 54.6 Å². The molecule has 0 saturated carbocycles. The minimum Gasteiger partial charge on any atom is -0.451 e. The summed E-state index contributed by atoms with van der Waals surface area (Å²) in [4.78, 5) is 26.5. The number of fused-ring (bicyclic) bond motifs is 1. The Labute approximate surface area is 197 Å². The standard InChI is InChI=1S/C26H27N3O3S/c1-16(2)20-12-8-9-17(3)24(20)27-23(30)15-32-26(31)22-13-21-18(4)28-29(25(21)33-22)14-19-10-6-5-7-11-19/h5-13,16H,14-15H2,1-4H3,(H,27,30). The zero-order valence-corrected chi connectivity index (χ0v) is 20.0. The van der Waals surface area contributed by atoms with E-state index in [1.165, 1.54) is 11.3 Å². The van der Waals surface area contributed by atoms with Crippen LogP contribution in [0.5, 0.6) is 0 Å². The number of rotatable bonds is 7. The monoisotopic (exact) mass is 461 g/mol.